The zero-order valence-electron chi connectivity index (χ0n) is 38.3. The summed E-state index contributed by atoms with van der Waals surface area (Å²) < 4.78 is 0. The minimum Gasteiger partial charge on any atom is -0.399 e. The fraction of sp³-hybridized carbons (Fsp3) is 0.733. The molecule has 22 N–H and O–H groups in total. The monoisotopic (exact) mass is 879 g/mol. The first-order valence-corrected chi connectivity index (χ1v) is 23.9. The molecule has 0 spiro atoms. The molecular weight excluding hydrogens is 793 g/mol. The molecule has 6 aliphatic rings. The van der Waals surface area contributed by atoms with Crippen molar-refractivity contribution in [1.29, 1.82) is 0 Å². The summed E-state index contributed by atoms with van der Waals surface area (Å²) in [5.41, 5.74) is 29.6. The van der Waals surface area contributed by atoms with E-state index in [2.05, 4.69) is 106 Å². The van der Waals surface area contributed by atoms with E-state index in [9.17, 15) is 0 Å². The lowest BCUT2D eigenvalue weighted by Crippen LogP contribution is -2.68. The van der Waals surface area contributed by atoms with E-state index >= 15 is 0 Å². The summed E-state index contributed by atoms with van der Waals surface area (Å²) in [4.78, 5) is 0. The molecule has 6 unspecified atom stereocenters. The molecule has 8 rings (SSSR count). The van der Waals surface area contributed by atoms with Gasteiger partial charge >= 0.3 is 0 Å². The Balaban J connectivity index is 1.27. The summed E-state index contributed by atoms with van der Waals surface area (Å²) in [5.74, 6) is 0.302. The van der Waals surface area contributed by atoms with Gasteiger partial charge in [-0.3, -0.25) is 0 Å². The number of nitrogens with one attached hydrogen (secondary N) is 14. The van der Waals surface area contributed by atoms with Crippen molar-refractivity contribution in [1.82, 2.24) is 74.4 Å². The van der Waals surface area contributed by atoms with Crippen LogP contribution in [0.25, 0.3) is 0 Å². The Morgan fingerprint density at radius 1 is 0.524 bits per heavy atom. The van der Waals surface area contributed by atoms with E-state index in [0.717, 1.165) is 136 Å². The molecule has 18 heteroatoms. The molecule has 356 valence electrons. The summed E-state index contributed by atoms with van der Waals surface area (Å²) in [6, 6.07) is 16.9. The zero-order chi connectivity index (χ0) is 44.2. The van der Waals surface area contributed by atoms with E-state index in [0.29, 0.717) is 38.6 Å². The molecule has 2 aromatic carbocycles. The van der Waals surface area contributed by atoms with Crippen LogP contribution in [0.5, 0.6) is 0 Å². The quantitative estimate of drug-likeness (QED) is 0.117. The standard InChI is InChI=1S/C45H86N18/c1-34(36-4-8-39(47)9-5-36)63-40-23-52-14-17-55-28-44(49)27-54-16-13-51-21-37(40)22-58-24-41(61-30-44)42-25-59-33-45(62-20-35-2-6-38(46)7-3-35)31-56-15-12-50-11-10-43(48,29-60-42)26-53-18-19-57-32-45/h2-9,34,37,40-42,50-63H,10-33,46-49H2,1H3/t34?,37-,40?,41?,42?,43?,44?,45-/m1/s1. The molecule has 0 aromatic heterocycles. The molecule has 8 atom stereocenters. The van der Waals surface area contributed by atoms with Gasteiger partial charge in [0.15, 0.2) is 0 Å². The summed E-state index contributed by atoms with van der Waals surface area (Å²) in [5, 5.41) is 54.1. The first-order valence-electron chi connectivity index (χ1n) is 23.9. The minimum atomic E-state index is -0.514. The van der Waals surface area contributed by atoms with E-state index in [1.807, 2.05) is 24.3 Å². The van der Waals surface area contributed by atoms with Crippen molar-refractivity contribution in [2.24, 2.45) is 17.4 Å². The first kappa shape index (κ1) is 49.8. The van der Waals surface area contributed by atoms with Crippen molar-refractivity contribution in [2.75, 3.05) is 155 Å². The number of benzene rings is 2. The molecule has 6 aliphatic heterocycles. The van der Waals surface area contributed by atoms with Crippen LogP contribution in [-0.2, 0) is 6.54 Å². The smallest absolute Gasteiger partial charge is 0.0561 e. The molecule has 4 bridgehead atoms. The highest BCUT2D eigenvalue weighted by atomic mass is 15.2. The fourth-order valence-corrected chi connectivity index (χ4v) is 9.30. The van der Waals surface area contributed by atoms with Crippen LogP contribution in [-0.4, -0.2) is 179 Å². The Kier molecular flexibility index (Phi) is 20.5. The lowest BCUT2D eigenvalue weighted by molar-refractivity contribution is 0.242. The maximum Gasteiger partial charge on any atom is 0.0561 e. The Labute approximate surface area is 378 Å². The summed E-state index contributed by atoms with van der Waals surface area (Å²) in [6.07, 6.45) is 0.846. The van der Waals surface area contributed by atoms with Crippen LogP contribution in [0, 0.1) is 5.92 Å². The van der Waals surface area contributed by atoms with Gasteiger partial charge in [0.1, 0.15) is 0 Å². The van der Waals surface area contributed by atoms with Gasteiger partial charge in [0, 0.05) is 191 Å². The molecule has 0 saturated carbocycles. The second-order valence-electron chi connectivity index (χ2n) is 19.1. The number of hydrogen-bond donors (Lipinski definition) is 18. The molecule has 2 aromatic rings. The van der Waals surface area contributed by atoms with Crippen LogP contribution in [0.15, 0.2) is 48.5 Å². The Bertz CT molecular complexity index is 1550. The molecular formula is C45H86N18. The van der Waals surface area contributed by atoms with Crippen LogP contribution >= 0.6 is 0 Å². The van der Waals surface area contributed by atoms with E-state index in [1.165, 1.54) is 11.1 Å². The highest BCUT2D eigenvalue weighted by molar-refractivity contribution is 5.40. The highest BCUT2D eigenvalue weighted by Gasteiger charge is 2.35. The van der Waals surface area contributed by atoms with Gasteiger partial charge in [-0.2, -0.15) is 0 Å². The van der Waals surface area contributed by atoms with Gasteiger partial charge in [-0.1, -0.05) is 24.3 Å². The second kappa shape index (κ2) is 25.9. The van der Waals surface area contributed by atoms with Crippen molar-refractivity contribution in [2.45, 2.75) is 60.7 Å². The SMILES string of the molecule is CC(NC1CNCCNCC2(N)CNCCNC[C@@H]1CNCC(C1CNC[C@@]3(NCc4ccc(N)cc4)CNCCNCCC(N)(CNCCNC3)CN1)NC2)c1ccc(N)cc1. The van der Waals surface area contributed by atoms with E-state index in [4.69, 9.17) is 22.9 Å². The third-order valence-electron chi connectivity index (χ3n) is 13.5. The normalized spacial score (nSPS) is 33.1. The van der Waals surface area contributed by atoms with Gasteiger partial charge in [0.2, 0.25) is 0 Å². The van der Waals surface area contributed by atoms with Crippen LogP contribution < -0.4 is 97.4 Å². The number of anilines is 2. The third-order valence-corrected chi connectivity index (χ3v) is 13.5. The van der Waals surface area contributed by atoms with E-state index in [-0.39, 0.29) is 29.7 Å². The van der Waals surface area contributed by atoms with Gasteiger partial charge in [0.05, 0.1) is 11.1 Å². The van der Waals surface area contributed by atoms with Crippen LogP contribution in [0.4, 0.5) is 11.4 Å². The van der Waals surface area contributed by atoms with E-state index in [1.54, 1.807) is 0 Å². The van der Waals surface area contributed by atoms with Crippen molar-refractivity contribution < 1.29 is 0 Å². The molecule has 0 aliphatic carbocycles. The number of fused-ring (bicyclic) bond motifs is 33. The Hall–Kier alpha value is -2.60. The molecule has 6 fully saturated rings. The summed E-state index contributed by atoms with van der Waals surface area (Å²) in [6.45, 7) is 20.4. The fourth-order valence-electron chi connectivity index (χ4n) is 9.30. The van der Waals surface area contributed by atoms with Crippen molar-refractivity contribution >= 4 is 11.4 Å². The van der Waals surface area contributed by atoms with Crippen LogP contribution in [0.3, 0.4) is 0 Å². The maximum absolute atomic E-state index is 7.34. The summed E-state index contributed by atoms with van der Waals surface area (Å²) in [7, 11) is 0. The lowest BCUT2D eigenvalue weighted by Gasteiger charge is -2.40. The van der Waals surface area contributed by atoms with Crippen LogP contribution in [0.1, 0.15) is 30.5 Å². The predicted octanol–water partition coefficient (Wildman–Crippen LogP) is -4.33. The number of rotatable bonds is 7. The minimum absolute atomic E-state index is 0.0311. The van der Waals surface area contributed by atoms with Gasteiger partial charge in [0.25, 0.3) is 0 Å². The average molecular weight is 879 g/mol. The van der Waals surface area contributed by atoms with E-state index < -0.39 is 11.1 Å². The van der Waals surface area contributed by atoms with Crippen molar-refractivity contribution in [3.8, 4) is 0 Å². The Morgan fingerprint density at radius 2 is 1.02 bits per heavy atom. The van der Waals surface area contributed by atoms with Gasteiger partial charge in [-0.25, -0.2) is 0 Å². The Morgan fingerprint density at radius 3 is 1.67 bits per heavy atom. The largest absolute Gasteiger partial charge is 0.399 e. The van der Waals surface area contributed by atoms with Crippen molar-refractivity contribution in [3.63, 3.8) is 0 Å². The van der Waals surface area contributed by atoms with Gasteiger partial charge < -0.3 is 97.4 Å². The predicted molar refractivity (Wildman–Crippen MR) is 261 cm³/mol. The van der Waals surface area contributed by atoms with Gasteiger partial charge in [-0.15, -0.1) is 0 Å². The average Bonchev–Trinajstić information content (AvgIpc) is 3.29. The zero-order valence-corrected chi connectivity index (χ0v) is 38.3. The first-order chi connectivity index (χ1) is 30.6. The molecule has 63 heavy (non-hydrogen) atoms. The summed E-state index contributed by atoms with van der Waals surface area (Å²) >= 11 is 0. The highest BCUT2D eigenvalue weighted by Crippen LogP contribution is 2.18. The lowest BCUT2D eigenvalue weighted by atomic mass is 9.93. The molecule has 0 amide bonds. The topological polar surface area (TPSA) is 272 Å². The second-order valence-corrected chi connectivity index (χ2v) is 19.1. The number of nitrogen functional groups attached to an aromatic ring is 2. The molecule has 0 radical (unpaired) electrons. The van der Waals surface area contributed by atoms with Crippen molar-refractivity contribution in [3.05, 3.63) is 59.7 Å². The number of hydrogen-bond acceptors (Lipinski definition) is 18. The molecule has 6 saturated heterocycles. The molecule has 18 nitrogen and oxygen atoms in total. The van der Waals surface area contributed by atoms with Gasteiger partial charge in [-0.05, 0) is 55.3 Å². The third kappa shape index (κ3) is 17.0. The van der Waals surface area contributed by atoms with Crippen LogP contribution in [0.2, 0.25) is 0 Å². The maximum atomic E-state index is 7.34. The molecule has 6 heterocycles. The number of nitrogens with two attached hydrogens (primary N) is 4.